The number of nitrogens with zero attached hydrogens (tertiary/aromatic N) is 2. The number of benzene rings is 1. The van der Waals surface area contributed by atoms with Crippen molar-refractivity contribution in [2.75, 3.05) is 23.7 Å². The number of rotatable bonds is 6. The predicted octanol–water partition coefficient (Wildman–Crippen LogP) is 1.83. The molecule has 1 aromatic heterocycles. The van der Waals surface area contributed by atoms with Crippen molar-refractivity contribution in [3.8, 4) is 0 Å². The van der Waals surface area contributed by atoms with Gasteiger partial charge in [-0.1, -0.05) is 28.9 Å². The molecule has 2 rings (SSSR count). The summed E-state index contributed by atoms with van der Waals surface area (Å²) >= 11 is 5.94. The van der Waals surface area contributed by atoms with Gasteiger partial charge in [0.15, 0.2) is 5.82 Å². The Morgan fingerprint density at radius 2 is 2.09 bits per heavy atom. The Labute approximate surface area is 139 Å². The smallest absolute Gasteiger partial charge is 0.252 e. The van der Waals surface area contributed by atoms with Crippen LogP contribution < -0.4 is 9.62 Å². The van der Waals surface area contributed by atoms with Gasteiger partial charge in [0.05, 0.1) is 23.4 Å². The van der Waals surface area contributed by atoms with E-state index in [-0.39, 0.29) is 24.8 Å². The minimum absolute atomic E-state index is 0.0288. The highest BCUT2D eigenvalue weighted by Crippen LogP contribution is 2.17. The molecular weight excluding hydrogens is 342 g/mol. The Morgan fingerprint density at radius 3 is 2.65 bits per heavy atom. The van der Waals surface area contributed by atoms with E-state index >= 15 is 0 Å². The number of hydrogen-bond acceptors (Lipinski definition) is 5. The lowest BCUT2D eigenvalue weighted by Gasteiger charge is -2.19. The van der Waals surface area contributed by atoms with Gasteiger partial charge in [-0.2, -0.15) is 0 Å². The SMILES string of the molecule is Cc1cc(N(CCNC(=O)c2ccccc2Cl)S(C)(=O)=O)no1. The summed E-state index contributed by atoms with van der Waals surface area (Å²) in [7, 11) is -3.54. The van der Waals surface area contributed by atoms with Gasteiger partial charge in [0, 0.05) is 12.6 Å². The number of aryl methyl sites for hydroxylation is 1. The van der Waals surface area contributed by atoms with Gasteiger partial charge < -0.3 is 9.84 Å². The first kappa shape index (κ1) is 17.3. The van der Waals surface area contributed by atoms with Crippen LogP contribution in [0.3, 0.4) is 0 Å². The van der Waals surface area contributed by atoms with E-state index in [1.54, 1.807) is 31.2 Å². The number of anilines is 1. The van der Waals surface area contributed by atoms with Gasteiger partial charge >= 0.3 is 0 Å². The number of nitrogens with one attached hydrogen (secondary N) is 1. The van der Waals surface area contributed by atoms with E-state index < -0.39 is 10.0 Å². The summed E-state index contributed by atoms with van der Waals surface area (Å²) in [6.07, 6.45) is 1.06. The molecule has 1 aromatic carbocycles. The quantitative estimate of drug-likeness (QED) is 0.851. The topological polar surface area (TPSA) is 92.5 Å². The predicted molar refractivity (Wildman–Crippen MR) is 87.2 cm³/mol. The molecule has 124 valence electrons. The first-order chi connectivity index (χ1) is 10.8. The minimum atomic E-state index is -3.54. The molecule has 0 saturated carbocycles. The molecule has 1 heterocycles. The van der Waals surface area contributed by atoms with Crippen molar-refractivity contribution in [1.82, 2.24) is 10.5 Å². The van der Waals surface area contributed by atoms with Gasteiger partial charge in [-0.15, -0.1) is 0 Å². The van der Waals surface area contributed by atoms with Crippen LogP contribution in [-0.2, 0) is 10.0 Å². The van der Waals surface area contributed by atoms with Crippen LogP contribution >= 0.6 is 11.6 Å². The average molecular weight is 358 g/mol. The Hall–Kier alpha value is -2.06. The molecule has 0 radical (unpaired) electrons. The fraction of sp³-hybridized carbons (Fsp3) is 0.286. The van der Waals surface area contributed by atoms with Crippen molar-refractivity contribution < 1.29 is 17.7 Å². The molecule has 1 N–H and O–H groups in total. The molecule has 0 aliphatic heterocycles. The highest BCUT2D eigenvalue weighted by Gasteiger charge is 2.21. The molecule has 0 fully saturated rings. The van der Waals surface area contributed by atoms with Gasteiger partial charge in [0.1, 0.15) is 5.76 Å². The van der Waals surface area contributed by atoms with Crippen molar-refractivity contribution in [2.24, 2.45) is 0 Å². The summed E-state index contributed by atoms with van der Waals surface area (Å²) in [6.45, 7) is 1.79. The zero-order chi connectivity index (χ0) is 17.0. The molecule has 9 heteroatoms. The number of halogens is 1. The van der Waals surface area contributed by atoms with E-state index in [9.17, 15) is 13.2 Å². The van der Waals surface area contributed by atoms with Gasteiger partial charge in [-0.25, -0.2) is 12.7 Å². The van der Waals surface area contributed by atoms with Gasteiger partial charge in [-0.3, -0.25) is 4.79 Å². The van der Waals surface area contributed by atoms with Crippen molar-refractivity contribution in [3.05, 3.63) is 46.7 Å². The van der Waals surface area contributed by atoms with Crippen LogP contribution in [0.1, 0.15) is 16.1 Å². The van der Waals surface area contributed by atoms with E-state index in [1.807, 2.05) is 0 Å². The second kappa shape index (κ2) is 7.01. The van der Waals surface area contributed by atoms with Crippen LogP contribution in [0.2, 0.25) is 5.02 Å². The van der Waals surface area contributed by atoms with E-state index in [0.717, 1.165) is 10.6 Å². The van der Waals surface area contributed by atoms with E-state index in [4.69, 9.17) is 16.1 Å². The molecule has 2 aromatic rings. The highest BCUT2D eigenvalue weighted by atomic mass is 35.5. The molecular formula is C14H16ClN3O4S. The summed E-state index contributed by atoms with van der Waals surface area (Å²) in [5.41, 5.74) is 0.331. The van der Waals surface area contributed by atoms with Crippen molar-refractivity contribution in [1.29, 1.82) is 0 Å². The van der Waals surface area contributed by atoms with E-state index in [1.165, 1.54) is 6.07 Å². The van der Waals surface area contributed by atoms with Crippen LogP contribution in [0, 0.1) is 6.92 Å². The highest BCUT2D eigenvalue weighted by molar-refractivity contribution is 7.92. The lowest BCUT2D eigenvalue weighted by Crippen LogP contribution is -2.38. The summed E-state index contributed by atoms with van der Waals surface area (Å²) in [6, 6.07) is 8.13. The normalized spacial score (nSPS) is 11.3. The number of hydrogen-bond donors (Lipinski definition) is 1. The molecule has 0 aliphatic rings. The molecule has 0 atom stereocenters. The molecule has 0 spiro atoms. The summed E-state index contributed by atoms with van der Waals surface area (Å²) in [5.74, 6) is 0.297. The molecule has 0 unspecified atom stereocenters. The van der Waals surface area contributed by atoms with Gasteiger partial charge in [0.25, 0.3) is 5.91 Å². The van der Waals surface area contributed by atoms with Crippen LogP contribution in [-0.4, -0.2) is 38.8 Å². The summed E-state index contributed by atoms with van der Waals surface area (Å²) in [5, 5.41) is 6.65. The third-order valence-corrected chi connectivity index (χ3v) is 4.49. The average Bonchev–Trinajstić information content (AvgIpc) is 2.88. The Bertz CT molecular complexity index is 804. The molecule has 7 nitrogen and oxygen atoms in total. The van der Waals surface area contributed by atoms with Crippen LogP contribution in [0.15, 0.2) is 34.9 Å². The molecule has 0 saturated heterocycles. The van der Waals surface area contributed by atoms with E-state index in [0.29, 0.717) is 16.3 Å². The molecule has 1 amide bonds. The molecule has 0 bridgehead atoms. The van der Waals surface area contributed by atoms with Crippen LogP contribution in [0.5, 0.6) is 0 Å². The number of amides is 1. The Morgan fingerprint density at radius 1 is 1.39 bits per heavy atom. The van der Waals surface area contributed by atoms with E-state index in [2.05, 4.69) is 10.5 Å². The fourth-order valence-corrected chi connectivity index (χ4v) is 3.00. The monoisotopic (exact) mass is 357 g/mol. The van der Waals surface area contributed by atoms with Crippen LogP contribution in [0.4, 0.5) is 5.82 Å². The maximum Gasteiger partial charge on any atom is 0.252 e. The Kier molecular flexibility index (Phi) is 5.27. The summed E-state index contributed by atoms with van der Waals surface area (Å²) < 4.78 is 29.7. The maximum atomic E-state index is 12.0. The maximum absolute atomic E-state index is 12.0. The largest absolute Gasteiger partial charge is 0.360 e. The minimum Gasteiger partial charge on any atom is -0.360 e. The number of carbonyl (C=O) groups excluding carboxylic acids is 1. The third kappa shape index (κ3) is 4.46. The molecule has 23 heavy (non-hydrogen) atoms. The second-order valence-electron chi connectivity index (χ2n) is 4.87. The summed E-state index contributed by atoms with van der Waals surface area (Å²) in [4.78, 5) is 12.0. The van der Waals surface area contributed by atoms with Crippen molar-refractivity contribution >= 4 is 33.3 Å². The van der Waals surface area contributed by atoms with Crippen molar-refractivity contribution in [2.45, 2.75) is 6.92 Å². The number of carbonyl (C=O) groups is 1. The third-order valence-electron chi connectivity index (χ3n) is 2.99. The lowest BCUT2D eigenvalue weighted by atomic mass is 10.2. The van der Waals surface area contributed by atoms with Crippen molar-refractivity contribution in [3.63, 3.8) is 0 Å². The number of aromatic nitrogens is 1. The first-order valence-electron chi connectivity index (χ1n) is 6.73. The second-order valence-corrected chi connectivity index (χ2v) is 7.18. The zero-order valence-electron chi connectivity index (χ0n) is 12.6. The van der Waals surface area contributed by atoms with Gasteiger partial charge in [-0.05, 0) is 19.1 Å². The zero-order valence-corrected chi connectivity index (χ0v) is 14.2. The first-order valence-corrected chi connectivity index (χ1v) is 8.95. The Balaban J connectivity index is 2.03. The molecule has 0 aliphatic carbocycles. The van der Waals surface area contributed by atoms with Crippen LogP contribution in [0.25, 0.3) is 0 Å². The fourth-order valence-electron chi connectivity index (χ4n) is 1.93. The van der Waals surface area contributed by atoms with Gasteiger partial charge in [0.2, 0.25) is 10.0 Å². The standard InChI is InChI=1S/C14H16ClN3O4S/c1-10-9-13(17-22-10)18(23(2,20)21)8-7-16-14(19)11-5-3-4-6-12(11)15/h3-6,9H,7-8H2,1-2H3,(H,16,19). The lowest BCUT2D eigenvalue weighted by molar-refractivity contribution is 0.0955. The number of sulfonamides is 1.